The third-order valence-electron chi connectivity index (χ3n) is 10.5. The monoisotopic (exact) mass is 912 g/mol. The van der Waals surface area contributed by atoms with Gasteiger partial charge in [-0.05, 0) is 122 Å². The largest absolute Gasteiger partial charge is 0.478 e. The lowest BCUT2D eigenvalue weighted by molar-refractivity contribution is -0.274. The van der Waals surface area contributed by atoms with E-state index in [1.807, 2.05) is 0 Å². The minimum absolute atomic E-state index is 0.0108. The smallest absolute Gasteiger partial charge is 0.433 e. The molecule has 6 aromatic rings. The van der Waals surface area contributed by atoms with Crippen molar-refractivity contribution in [2.24, 2.45) is 0 Å². The number of rotatable bonds is 13. The first-order chi connectivity index (χ1) is 29.5. The molecular weight excluding hydrogens is 877 g/mol. The van der Waals surface area contributed by atoms with Gasteiger partial charge in [0.1, 0.15) is 23.0 Å². The van der Waals surface area contributed by atoms with Crippen molar-refractivity contribution in [3.05, 3.63) is 176 Å². The van der Waals surface area contributed by atoms with Crippen molar-refractivity contribution < 1.29 is 60.4 Å². The van der Waals surface area contributed by atoms with Crippen LogP contribution < -0.4 is 9.47 Å². The molecule has 0 spiro atoms. The molecule has 63 heavy (non-hydrogen) atoms. The third-order valence-corrected chi connectivity index (χ3v) is 11.2. The Kier molecular flexibility index (Phi) is 13.2. The molecule has 328 valence electrons. The van der Waals surface area contributed by atoms with Crippen LogP contribution >= 0.6 is 23.2 Å². The minimum atomic E-state index is -5.27. The standard InChI is InChI=1S/C46H36Cl2F6N2O7/c1-25-20-31(16-18-55-25)43(60,45(49,50)51)27(3)37-14-12-36(24-39(37)47)62-34-7-5-6-30(22-34)42(59)63-44(46(52,53)54,32-17-19-56-26(2)21-32)28(4)38-15-13-35(23-40(38)48)61-33-10-8-29(9-11-33)41(57)58/h5-24,27-28,60H,1-4H3,(H,57,58). The zero-order valence-corrected chi connectivity index (χ0v) is 35.1. The van der Waals surface area contributed by atoms with Gasteiger partial charge in [-0.15, -0.1) is 0 Å². The molecule has 0 aliphatic rings. The molecule has 0 aliphatic carbocycles. The number of esters is 1. The van der Waals surface area contributed by atoms with Crippen LogP contribution in [0.2, 0.25) is 10.0 Å². The van der Waals surface area contributed by atoms with Crippen LogP contribution in [0.15, 0.2) is 122 Å². The first-order valence-corrected chi connectivity index (χ1v) is 19.6. The van der Waals surface area contributed by atoms with Crippen LogP contribution in [0, 0.1) is 13.8 Å². The van der Waals surface area contributed by atoms with Crippen LogP contribution in [0.1, 0.15) is 80.0 Å². The average Bonchev–Trinajstić information content (AvgIpc) is 3.21. The maximum absolute atomic E-state index is 15.8. The van der Waals surface area contributed by atoms with Crippen LogP contribution in [0.25, 0.3) is 0 Å². The van der Waals surface area contributed by atoms with Crippen molar-refractivity contribution in [3.63, 3.8) is 0 Å². The Morgan fingerprint density at radius 2 is 1.10 bits per heavy atom. The summed E-state index contributed by atoms with van der Waals surface area (Å²) in [6.45, 7) is 5.32. The van der Waals surface area contributed by atoms with E-state index in [0.717, 1.165) is 42.7 Å². The number of pyridine rings is 2. The predicted octanol–water partition coefficient (Wildman–Crippen LogP) is 12.7. The number of hydrogen-bond donors (Lipinski definition) is 2. The van der Waals surface area contributed by atoms with Crippen LogP contribution in [-0.4, -0.2) is 44.5 Å². The van der Waals surface area contributed by atoms with Crippen molar-refractivity contribution in [1.82, 2.24) is 9.97 Å². The summed E-state index contributed by atoms with van der Waals surface area (Å²) in [5.41, 5.74) is -7.66. The van der Waals surface area contributed by atoms with Crippen molar-refractivity contribution in [2.45, 2.75) is 63.1 Å². The summed E-state index contributed by atoms with van der Waals surface area (Å²) in [5, 5.41) is 20.0. The molecule has 0 saturated carbocycles. The molecule has 17 heteroatoms. The molecule has 0 radical (unpaired) electrons. The van der Waals surface area contributed by atoms with Crippen molar-refractivity contribution in [1.29, 1.82) is 0 Å². The molecule has 4 atom stereocenters. The fourth-order valence-corrected chi connectivity index (χ4v) is 7.87. The topological polar surface area (TPSA) is 128 Å². The number of benzene rings is 4. The van der Waals surface area contributed by atoms with Gasteiger partial charge >= 0.3 is 24.3 Å². The Hall–Kier alpha value is -6.16. The fraction of sp³-hybridized carbons (Fsp3) is 0.217. The lowest BCUT2D eigenvalue weighted by Gasteiger charge is -2.40. The molecule has 2 heterocycles. The highest BCUT2D eigenvalue weighted by Crippen LogP contribution is 2.54. The summed E-state index contributed by atoms with van der Waals surface area (Å²) in [5.74, 6) is -5.59. The van der Waals surface area contributed by atoms with Gasteiger partial charge in [-0.1, -0.05) is 55.2 Å². The molecule has 2 aromatic heterocycles. The van der Waals surface area contributed by atoms with E-state index in [1.165, 1.54) is 107 Å². The van der Waals surface area contributed by atoms with Gasteiger partial charge in [0.2, 0.25) is 5.60 Å². The molecule has 2 N–H and O–H groups in total. The van der Waals surface area contributed by atoms with Gasteiger partial charge in [-0.25, -0.2) is 9.59 Å². The van der Waals surface area contributed by atoms with E-state index >= 15 is 13.2 Å². The molecule has 6 rings (SSSR count). The third kappa shape index (κ3) is 9.46. The molecule has 0 saturated heterocycles. The number of alkyl halides is 6. The van der Waals surface area contributed by atoms with E-state index < -0.39 is 58.5 Å². The highest BCUT2D eigenvalue weighted by Gasteiger charge is 2.64. The Morgan fingerprint density at radius 1 is 0.603 bits per heavy atom. The van der Waals surface area contributed by atoms with Crippen LogP contribution in [-0.2, 0) is 15.9 Å². The zero-order valence-electron chi connectivity index (χ0n) is 33.6. The number of halogens is 8. The highest BCUT2D eigenvalue weighted by molar-refractivity contribution is 6.32. The Balaban J connectivity index is 1.30. The summed E-state index contributed by atoms with van der Waals surface area (Å²) in [4.78, 5) is 33.1. The van der Waals surface area contributed by atoms with Gasteiger partial charge < -0.3 is 24.4 Å². The lowest BCUT2D eigenvalue weighted by atomic mass is 9.77. The maximum atomic E-state index is 15.8. The number of aryl methyl sites for hydroxylation is 2. The van der Waals surface area contributed by atoms with Gasteiger partial charge in [-0.3, -0.25) is 9.97 Å². The molecular formula is C46H36Cl2F6N2O7. The number of carbonyl (C=O) groups is 2. The number of ether oxygens (including phenoxy) is 3. The number of nitrogens with zero attached hydrogens (tertiary/aromatic N) is 2. The van der Waals surface area contributed by atoms with Gasteiger partial charge in [0.15, 0.2) is 5.60 Å². The van der Waals surface area contributed by atoms with Crippen LogP contribution in [0.4, 0.5) is 26.3 Å². The molecule has 9 nitrogen and oxygen atoms in total. The van der Waals surface area contributed by atoms with Crippen LogP contribution in [0.5, 0.6) is 23.0 Å². The second-order valence-electron chi connectivity index (χ2n) is 14.6. The van der Waals surface area contributed by atoms with E-state index in [2.05, 4.69) is 9.97 Å². The zero-order chi connectivity index (χ0) is 46.1. The Morgan fingerprint density at radius 3 is 1.60 bits per heavy atom. The lowest BCUT2D eigenvalue weighted by Crippen LogP contribution is -2.50. The normalized spacial score (nSPS) is 14.7. The summed E-state index contributed by atoms with van der Waals surface area (Å²) in [6, 6.07) is 22.5. The molecule has 4 unspecified atom stereocenters. The summed E-state index contributed by atoms with van der Waals surface area (Å²) >= 11 is 13.1. The highest BCUT2D eigenvalue weighted by atomic mass is 35.5. The average molecular weight is 914 g/mol. The van der Waals surface area contributed by atoms with Crippen molar-refractivity contribution in [3.8, 4) is 23.0 Å². The Labute approximate surface area is 366 Å². The number of aromatic nitrogens is 2. The van der Waals surface area contributed by atoms with Crippen molar-refractivity contribution >= 4 is 35.1 Å². The van der Waals surface area contributed by atoms with Crippen molar-refractivity contribution in [2.75, 3.05) is 0 Å². The van der Waals surface area contributed by atoms with E-state index in [9.17, 15) is 33.0 Å². The first kappa shape index (κ1) is 46.3. The maximum Gasteiger partial charge on any atom is 0.433 e. The Bertz CT molecular complexity index is 2660. The number of carbonyl (C=O) groups excluding carboxylic acids is 1. The van der Waals surface area contributed by atoms with E-state index in [-0.39, 0.29) is 66.7 Å². The summed E-state index contributed by atoms with van der Waals surface area (Å²) in [7, 11) is 0. The summed E-state index contributed by atoms with van der Waals surface area (Å²) < 4.78 is 108. The van der Waals surface area contributed by atoms with Crippen LogP contribution in [0.3, 0.4) is 0 Å². The number of carboxylic acids is 1. The summed E-state index contributed by atoms with van der Waals surface area (Å²) in [6.07, 6.45) is -8.09. The number of aliphatic hydroxyl groups is 1. The molecule has 0 fully saturated rings. The van der Waals surface area contributed by atoms with Gasteiger partial charge in [0.25, 0.3) is 0 Å². The number of aromatic carboxylic acids is 1. The molecule has 0 aliphatic heterocycles. The molecule has 0 amide bonds. The predicted molar refractivity (Wildman–Crippen MR) is 221 cm³/mol. The SMILES string of the molecule is Cc1cc(C(O)(C(C)c2ccc(Oc3cccc(C(=O)OC(c4ccnc(C)c4)(C(C)c4ccc(Oc5ccc(C(=O)O)cc5)cc4Cl)C(F)(F)F)c3)cc2Cl)C(F)(F)F)ccn1. The molecule has 0 bridgehead atoms. The molecule has 4 aromatic carbocycles. The van der Waals surface area contributed by atoms with E-state index in [4.69, 9.17) is 37.4 Å². The number of hydrogen-bond acceptors (Lipinski definition) is 8. The fourth-order valence-electron chi connectivity index (χ4n) is 7.20. The second-order valence-corrected chi connectivity index (χ2v) is 15.4. The number of carboxylic acid groups (broad SMARTS) is 1. The van der Waals surface area contributed by atoms with Gasteiger partial charge in [0, 0.05) is 51.2 Å². The minimum Gasteiger partial charge on any atom is -0.478 e. The van der Waals surface area contributed by atoms with Gasteiger partial charge in [-0.2, -0.15) is 26.3 Å². The quantitative estimate of drug-likeness (QED) is 0.0859. The van der Waals surface area contributed by atoms with E-state index in [1.54, 1.807) is 0 Å². The second kappa shape index (κ2) is 17.9. The van der Waals surface area contributed by atoms with E-state index in [0.29, 0.717) is 0 Å². The van der Waals surface area contributed by atoms with Gasteiger partial charge in [0.05, 0.1) is 11.1 Å². The first-order valence-electron chi connectivity index (χ1n) is 18.9.